The topological polar surface area (TPSA) is 92.7 Å². The number of carboxylic acid groups (broad SMARTS) is 1. The Bertz CT molecular complexity index is 1100. The average molecular weight is 740 g/mol. The highest BCUT2D eigenvalue weighted by Crippen LogP contribution is 2.42. The number of thiophene rings is 1. The lowest BCUT2D eigenvalue weighted by atomic mass is 9.89. The van der Waals surface area contributed by atoms with Gasteiger partial charge in [-0.25, -0.2) is 0 Å². The van der Waals surface area contributed by atoms with Crippen molar-refractivity contribution in [2.24, 2.45) is 11.8 Å². The quantitative estimate of drug-likeness (QED) is 0.125. The summed E-state index contributed by atoms with van der Waals surface area (Å²) in [6.45, 7) is 4.38. The number of hydrogen-bond donors (Lipinski definition) is 1. The van der Waals surface area contributed by atoms with Crippen LogP contribution in [-0.4, -0.2) is 68.1 Å². The van der Waals surface area contributed by atoms with E-state index >= 15 is 0 Å². The van der Waals surface area contributed by atoms with Crippen LogP contribution in [0.4, 0.5) is 0 Å². The van der Waals surface area contributed by atoms with Crippen LogP contribution in [0.25, 0.3) is 0 Å². The second-order valence-electron chi connectivity index (χ2n) is 13.5. The molecule has 3 unspecified atom stereocenters. The van der Waals surface area contributed by atoms with E-state index in [1.54, 1.807) is 11.3 Å². The summed E-state index contributed by atoms with van der Waals surface area (Å²) < 4.78 is 39.4. The van der Waals surface area contributed by atoms with Crippen LogP contribution in [0.3, 0.4) is 0 Å². The van der Waals surface area contributed by atoms with E-state index in [1.807, 2.05) is 0 Å². The van der Waals surface area contributed by atoms with Gasteiger partial charge in [-0.3, -0.25) is 4.79 Å². The maximum absolute atomic E-state index is 11.0. The molecule has 0 aromatic carbocycles. The Kier molecular flexibility index (Phi) is 15.7. The molecule has 3 saturated heterocycles. The minimum Gasteiger partial charge on any atom is -0.481 e. The Morgan fingerprint density at radius 1 is 0.979 bits per heavy atom. The molecule has 5 rings (SSSR count). The monoisotopic (exact) mass is 738 g/mol. The smallest absolute Gasteiger partial charge is 0.303 e. The van der Waals surface area contributed by atoms with Crippen molar-refractivity contribution in [1.82, 2.24) is 0 Å². The number of carboxylic acids is 1. The maximum Gasteiger partial charge on any atom is 0.303 e. The van der Waals surface area contributed by atoms with E-state index in [2.05, 4.69) is 53.2 Å². The molecular formula is C37H55BrO8S. The first-order chi connectivity index (χ1) is 22.9. The van der Waals surface area contributed by atoms with E-state index in [4.69, 9.17) is 33.5 Å². The van der Waals surface area contributed by atoms with Crippen molar-refractivity contribution in [2.75, 3.05) is 19.8 Å². The van der Waals surface area contributed by atoms with Crippen LogP contribution in [0.2, 0.25) is 0 Å². The van der Waals surface area contributed by atoms with Gasteiger partial charge in [0, 0.05) is 43.5 Å². The summed E-state index contributed by atoms with van der Waals surface area (Å²) in [6, 6.07) is 2.27. The summed E-state index contributed by atoms with van der Waals surface area (Å²) in [5.41, 5.74) is 1.27. The van der Waals surface area contributed by atoms with E-state index in [1.165, 1.54) is 14.2 Å². The van der Waals surface area contributed by atoms with Crippen LogP contribution in [-0.2, 0) is 39.6 Å². The average Bonchev–Trinajstić information content (AvgIpc) is 3.57. The number of allylic oxidation sites excluding steroid dienone is 2. The van der Waals surface area contributed by atoms with Crippen molar-refractivity contribution in [1.29, 1.82) is 0 Å². The lowest BCUT2D eigenvalue weighted by Crippen LogP contribution is -2.31. The molecule has 4 aliphatic rings. The van der Waals surface area contributed by atoms with Crippen molar-refractivity contribution in [3.63, 3.8) is 0 Å². The SMILES string of the molecule is Cc1cc(CC[C@@H](/C=C/[C@@H]2[C@@H](C/C=C\CCCC(=O)O)[C@@H](OC3CCCCO3)C[C@H]2OC2CCCCO2)OC2CCCCO2)sc1Br. The summed E-state index contributed by atoms with van der Waals surface area (Å²) in [4.78, 5) is 12.4. The molecule has 1 aromatic rings. The van der Waals surface area contributed by atoms with Crippen LogP contribution in [0.5, 0.6) is 0 Å². The van der Waals surface area contributed by atoms with Gasteiger partial charge < -0.3 is 33.5 Å². The Morgan fingerprint density at radius 3 is 2.23 bits per heavy atom. The van der Waals surface area contributed by atoms with Crippen LogP contribution in [0.1, 0.15) is 107 Å². The Morgan fingerprint density at radius 2 is 1.64 bits per heavy atom. The zero-order chi connectivity index (χ0) is 32.8. The first-order valence-corrected chi connectivity index (χ1v) is 19.7. The van der Waals surface area contributed by atoms with Crippen molar-refractivity contribution >= 4 is 33.2 Å². The molecule has 1 aromatic heterocycles. The molecule has 264 valence electrons. The van der Waals surface area contributed by atoms with Gasteiger partial charge >= 0.3 is 5.97 Å². The van der Waals surface area contributed by atoms with Gasteiger partial charge in [0.15, 0.2) is 18.9 Å². The Labute approximate surface area is 293 Å². The molecule has 3 aliphatic heterocycles. The zero-order valence-electron chi connectivity index (χ0n) is 28.0. The normalized spacial score (nSPS) is 31.1. The fourth-order valence-electron chi connectivity index (χ4n) is 7.14. The Hall–Kier alpha value is -1.11. The number of carbonyl (C=O) groups is 1. The number of rotatable bonds is 17. The third-order valence-corrected chi connectivity index (χ3v) is 11.9. The molecule has 0 radical (unpaired) electrons. The van der Waals surface area contributed by atoms with Crippen LogP contribution >= 0.6 is 27.3 Å². The highest BCUT2D eigenvalue weighted by molar-refractivity contribution is 9.11. The highest BCUT2D eigenvalue weighted by atomic mass is 79.9. The number of unbranched alkanes of at least 4 members (excludes halogenated alkanes) is 1. The number of hydrogen-bond acceptors (Lipinski definition) is 8. The van der Waals surface area contributed by atoms with Gasteiger partial charge in [-0.05, 0) is 130 Å². The second kappa shape index (κ2) is 19.9. The number of halogens is 1. The number of aryl methyl sites for hydroxylation is 2. The standard InChI is InChI=1S/C37H55BrO8S/c1-26-24-28(47-37(26)38)19-17-27(44-34-14-6-9-21-41-34)18-20-30-29(12-4-2-3-5-13-33(39)40)31(45-35-15-7-10-22-42-35)25-32(30)46-36-16-8-11-23-43-36/h2,4,18,20,24,27,29-32,34-36H,3,5-17,19,21-23,25H2,1H3,(H,39,40)/b4-2-,20-18+/t27-,29+,30+,31-,32+,34?,35?,36?/m0/s1. The largest absolute Gasteiger partial charge is 0.481 e. The fourth-order valence-corrected chi connectivity index (χ4v) is 8.78. The highest BCUT2D eigenvalue weighted by Gasteiger charge is 2.45. The molecule has 0 amide bonds. The molecule has 4 fully saturated rings. The summed E-state index contributed by atoms with van der Waals surface area (Å²) in [7, 11) is 0. The lowest BCUT2D eigenvalue weighted by Gasteiger charge is -2.30. The molecule has 1 saturated carbocycles. The molecular weight excluding hydrogens is 684 g/mol. The van der Waals surface area contributed by atoms with E-state index in [0.717, 1.165) is 110 Å². The van der Waals surface area contributed by atoms with Gasteiger partial charge in [0.05, 0.1) is 22.1 Å². The molecule has 0 bridgehead atoms. The maximum atomic E-state index is 11.0. The van der Waals surface area contributed by atoms with Gasteiger partial charge in [-0.15, -0.1) is 11.3 Å². The minimum absolute atomic E-state index is 0.0162. The summed E-state index contributed by atoms with van der Waals surface area (Å²) in [6.07, 6.45) is 22.6. The second-order valence-corrected chi connectivity index (χ2v) is 15.9. The van der Waals surface area contributed by atoms with Crippen LogP contribution in [0, 0.1) is 18.8 Å². The van der Waals surface area contributed by atoms with Crippen molar-refractivity contribution < 1.29 is 38.3 Å². The Balaban J connectivity index is 1.35. The van der Waals surface area contributed by atoms with E-state index in [-0.39, 0.29) is 55.4 Å². The minimum atomic E-state index is -0.748. The van der Waals surface area contributed by atoms with E-state index in [9.17, 15) is 4.79 Å². The lowest BCUT2D eigenvalue weighted by molar-refractivity contribution is -0.203. The van der Waals surface area contributed by atoms with Gasteiger partial charge in [0.2, 0.25) is 0 Å². The molecule has 1 aliphatic carbocycles. The molecule has 1 N–H and O–H groups in total. The molecule has 8 atom stereocenters. The predicted molar refractivity (Wildman–Crippen MR) is 186 cm³/mol. The molecule has 47 heavy (non-hydrogen) atoms. The summed E-state index contributed by atoms with van der Waals surface area (Å²) >= 11 is 5.49. The number of aliphatic carboxylic acids is 1. The van der Waals surface area contributed by atoms with Gasteiger partial charge in [-0.2, -0.15) is 0 Å². The zero-order valence-corrected chi connectivity index (χ0v) is 30.4. The first kappa shape index (κ1) is 37.2. The molecule has 10 heteroatoms. The van der Waals surface area contributed by atoms with Crippen molar-refractivity contribution in [3.8, 4) is 0 Å². The molecule has 8 nitrogen and oxygen atoms in total. The van der Waals surface area contributed by atoms with Gasteiger partial charge in [0.1, 0.15) is 0 Å². The van der Waals surface area contributed by atoms with E-state index in [0.29, 0.717) is 6.42 Å². The molecule has 4 heterocycles. The number of ether oxygens (including phenoxy) is 6. The first-order valence-electron chi connectivity index (χ1n) is 18.1. The third kappa shape index (κ3) is 12.3. The van der Waals surface area contributed by atoms with Crippen molar-refractivity contribution in [2.45, 2.75) is 147 Å². The van der Waals surface area contributed by atoms with E-state index < -0.39 is 5.97 Å². The van der Waals surface area contributed by atoms with Gasteiger partial charge in [-0.1, -0.05) is 24.3 Å². The van der Waals surface area contributed by atoms with Crippen LogP contribution < -0.4 is 0 Å². The predicted octanol–water partition coefficient (Wildman–Crippen LogP) is 8.88. The van der Waals surface area contributed by atoms with Crippen LogP contribution in [0.15, 0.2) is 34.2 Å². The third-order valence-electron chi connectivity index (χ3n) is 9.73. The summed E-state index contributed by atoms with van der Waals surface area (Å²) in [5, 5.41) is 9.05. The fraction of sp³-hybridized carbons (Fsp3) is 0.757. The summed E-state index contributed by atoms with van der Waals surface area (Å²) in [5.74, 6) is -0.458. The van der Waals surface area contributed by atoms with Crippen molar-refractivity contribution in [3.05, 3.63) is 44.6 Å². The van der Waals surface area contributed by atoms with Gasteiger partial charge in [0.25, 0.3) is 0 Å². The molecule has 0 spiro atoms.